The predicted octanol–water partition coefficient (Wildman–Crippen LogP) is 1.14. The number of hydrogen-bond donors (Lipinski definition) is 1. The average Bonchev–Trinajstić information content (AvgIpc) is 2.16. The number of Topliss-reactive ketones (excluding diaryl/α,β-unsaturated/α-hetero) is 1. The molecule has 0 fully saturated rings. The minimum atomic E-state index is -0.526. The molecule has 0 radical (unpaired) electrons. The van der Waals surface area contributed by atoms with Crippen LogP contribution in [0.15, 0.2) is 22.4 Å². The van der Waals surface area contributed by atoms with Crippen LogP contribution in [0.25, 0.3) is 0 Å². The highest BCUT2D eigenvalue weighted by Gasteiger charge is 2.16. The molecule has 1 aliphatic rings. The lowest BCUT2D eigenvalue weighted by Gasteiger charge is -2.14. The molecule has 70 valence electrons. The first kappa shape index (κ1) is 9.99. The Balaban J connectivity index is 3.04. The van der Waals surface area contributed by atoms with Crippen LogP contribution in [-0.2, 0) is 9.59 Å². The van der Waals surface area contributed by atoms with Gasteiger partial charge in [0.05, 0.1) is 0 Å². The summed E-state index contributed by atoms with van der Waals surface area (Å²) in [6, 6.07) is 0. The van der Waals surface area contributed by atoms with Gasteiger partial charge in [0.15, 0.2) is 6.29 Å². The second-order valence-corrected chi connectivity index (χ2v) is 3.20. The van der Waals surface area contributed by atoms with Crippen molar-refractivity contribution >= 4 is 23.7 Å². The number of carbonyl (C=O) groups is 2. The lowest BCUT2D eigenvalue weighted by molar-refractivity contribution is -0.127. The fraction of sp³-hybridized carbons (Fsp3) is 0.333. The van der Waals surface area contributed by atoms with Gasteiger partial charge in [0.2, 0.25) is 5.78 Å². The molecule has 0 heterocycles. The van der Waals surface area contributed by atoms with Crippen molar-refractivity contribution in [2.45, 2.75) is 12.8 Å². The van der Waals surface area contributed by atoms with Crippen molar-refractivity contribution in [1.82, 2.24) is 5.32 Å². The van der Waals surface area contributed by atoms with Gasteiger partial charge in [-0.15, -0.1) is 0 Å². The van der Waals surface area contributed by atoms with E-state index in [-0.39, 0.29) is 0 Å². The van der Waals surface area contributed by atoms with Gasteiger partial charge >= 0.3 is 0 Å². The number of rotatable bonds is 3. The van der Waals surface area contributed by atoms with E-state index in [4.69, 9.17) is 11.6 Å². The average molecular weight is 200 g/mol. The van der Waals surface area contributed by atoms with E-state index in [0.29, 0.717) is 29.7 Å². The first-order valence-electron chi connectivity index (χ1n) is 3.95. The second kappa shape index (κ2) is 4.23. The minimum absolute atomic E-state index is 0.304. The van der Waals surface area contributed by atoms with Gasteiger partial charge < -0.3 is 5.32 Å². The largest absolute Gasteiger partial charge is 0.391 e. The number of halogens is 1. The third-order valence-corrected chi connectivity index (χ3v) is 2.21. The van der Waals surface area contributed by atoms with E-state index < -0.39 is 5.78 Å². The summed E-state index contributed by atoms with van der Waals surface area (Å²) < 4.78 is 0. The van der Waals surface area contributed by atoms with E-state index in [1.165, 1.54) is 0 Å². The molecule has 0 aromatic carbocycles. The van der Waals surface area contributed by atoms with Crippen LogP contribution >= 0.6 is 11.6 Å². The highest BCUT2D eigenvalue weighted by atomic mass is 35.5. The van der Waals surface area contributed by atoms with Crippen LogP contribution in [0.4, 0.5) is 0 Å². The quantitative estimate of drug-likeness (QED) is 0.548. The van der Waals surface area contributed by atoms with E-state index >= 15 is 0 Å². The van der Waals surface area contributed by atoms with Crippen molar-refractivity contribution in [2.75, 3.05) is 7.05 Å². The minimum Gasteiger partial charge on any atom is -0.391 e. The second-order valence-electron chi connectivity index (χ2n) is 2.72. The first-order valence-corrected chi connectivity index (χ1v) is 4.33. The van der Waals surface area contributed by atoms with Gasteiger partial charge in [-0.3, -0.25) is 9.59 Å². The summed E-state index contributed by atoms with van der Waals surface area (Å²) in [6.07, 6.45) is 3.25. The molecular formula is C9H10ClNO2. The molecule has 0 unspecified atom stereocenters. The predicted molar refractivity (Wildman–Crippen MR) is 50.3 cm³/mol. The van der Waals surface area contributed by atoms with Crippen LogP contribution in [0, 0.1) is 0 Å². The smallest absolute Gasteiger partial charge is 0.227 e. The summed E-state index contributed by atoms with van der Waals surface area (Å²) >= 11 is 5.77. The summed E-state index contributed by atoms with van der Waals surface area (Å²) in [5.41, 5.74) is 1.16. The van der Waals surface area contributed by atoms with Gasteiger partial charge in [0.1, 0.15) is 0 Å². The molecule has 0 saturated carbocycles. The summed E-state index contributed by atoms with van der Waals surface area (Å²) in [7, 11) is 1.72. The fourth-order valence-corrected chi connectivity index (χ4v) is 1.44. The Kier molecular flexibility index (Phi) is 3.25. The van der Waals surface area contributed by atoms with Crippen molar-refractivity contribution in [1.29, 1.82) is 0 Å². The van der Waals surface area contributed by atoms with Crippen LogP contribution in [0.3, 0.4) is 0 Å². The third kappa shape index (κ3) is 2.18. The number of allylic oxidation sites excluding steroid dienone is 4. The maximum absolute atomic E-state index is 11.1. The Hall–Kier alpha value is -1.09. The van der Waals surface area contributed by atoms with Gasteiger partial charge in [-0.1, -0.05) is 11.6 Å². The van der Waals surface area contributed by atoms with Gasteiger partial charge in [-0.2, -0.15) is 0 Å². The Bertz CT molecular complexity index is 305. The Morgan fingerprint density at radius 1 is 1.62 bits per heavy atom. The van der Waals surface area contributed by atoms with Crippen molar-refractivity contribution in [3.8, 4) is 0 Å². The van der Waals surface area contributed by atoms with Gasteiger partial charge in [0, 0.05) is 23.4 Å². The van der Waals surface area contributed by atoms with E-state index in [1.807, 2.05) is 0 Å². The summed E-state index contributed by atoms with van der Waals surface area (Å²) in [5.74, 6) is -0.526. The molecule has 0 bridgehead atoms. The third-order valence-electron chi connectivity index (χ3n) is 1.91. The van der Waals surface area contributed by atoms with Crippen LogP contribution in [-0.4, -0.2) is 19.1 Å². The number of hydrogen-bond acceptors (Lipinski definition) is 3. The van der Waals surface area contributed by atoms with E-state index in [1.54, 1.807) is 13.1 Å². The number of carbonyl (C=O) groups excluding carboxylic acids is 2. The highest BCUT2D eigenvalue weighted by molar-refractivity contribution is 6.36. The Labute approximate surface area is 81.4 Å². The summed E-state index contributed by atoms with van der Waals surface area (Å²) in [4.78, 5) is 21.4. The number of aldehydes is 1. The Morgan fingerprint density at radius 3 is 2.85 bits per heavy atom. The SMILES string of the molecule is CNC1=C(C(=O)C=O)C=C(Cl)CC1. The van der Waals surface area contributed by atoms with Gasteiger partial charge in [0.25, 0.3) is 0 Å². The maximum atomic E-state index is 11.1. The monoisotopic (exact) mass is 199 g/mol. The topological polar surface area (TPSA) is 46.2 Å². The van der Waals surface area contributed by atoms with Crippen LogP contribution in [0.2, 0.25) is 0 Å². The van der Waals surface area contributed by atoms with Crippen molar-refractivity contribution < 1.29 is 9.59 Å². The molecule has 0 spiro atoms. The zero-order valence-electron chi connectivity index (χ0n) is 7.26. The molecule has 0 atom stereocenters. The molecule has 0 aromatic heterocycles. The molecule has 13 heavy (non-hydrogen) atoms. The summed E-state index contributed by atoms with van der Waals surface area (Å²) in [6.45, 7) is 0. The fourth-order valence-electron chi connectivity index (χ4n) is 1.24. The molecule has 0 saturated heterocycles. The van der Waals surface area contributed by atoms with Gasteiger partial charge in [-0.05, 0) is 18.9 Å². The molecule has 0 aromatic rings. The lowest BCUT2D eigenvalue weighted by atomic mass is 10.0. The molecule has 0 aliphatic heterocycles. The van der Waals surface area contributed by atoms with Crippen LogP contribution in [0.1, 0.15) is 12.8 Å². The molecular weight excluding hydrogens is 190 g/mol. The molecule has 4 heteroatoms. The maximum Gasteiger partial charge on any atom is 0.227 e. The van der Waals surface area contributed by atoms with Crippen LogP contribution in [0.5, 0.6) is 0 Å². The van der Waals surface area contributed by atoms with Crippen molar-refractivity contribution in [3.63, 3.8) is 0 Å². The molecule has 1 rings (SSSR count). The molecule has 0 amide bonds. The lowest BCUT2D eigenvalue weighted by Crippen LogP contribution is -2.17. The number of ketones is 1. The van der Waals surface area contributed by atoms with Crippen molar-refractivity contribution in [2.24, 2.45) is 0 Å². The van der Waals surface area contributed by atoms with Crippen molar-refractivity contribution in [3.05, 3.63) is 22.4 Å². The standard InChI is InChI=1S/C9H10ClNO2/c1-11-8-3-2-6(10)4-7(8)9(13)5-12/h4-5,11H,2-3H2,1H3. The molecule has 3 nitrogen and oxygen atoms in total. The normalized spacial score (nSPS) is 16.6. The molecule has 1 N–H and O–H groups in total. The molecule has 1 aliphatic carbocycles. The van der Waals surface area contributed by atoms with Gasteiger partial charge in [-0.25, -0.2) is 0 Å². The zero-order valence-corrected chi connectivity index (χ0v) is 8.02. The van der Waals surface area contributed by atoms with Crippen LogP contribution < -0.4 is 5.32 Å². The zero-order chi connectivity index (χ0) is 9.84. The van der Waals surface area contributed by atoms with E-state index in [9.17, 15) is 9.59 Å². The van der Waals surface area contributed by atoms with E-state index in [2.05, 4.69) is 5.32 Å². The van der Waals surface area contributed by atoms with E-state index in [0.717, 1.165) is 5.70 Å². The highest BCUT2D eigenvalue weighted by Crippen LogP contribution is 2.24. The summed E-state index contributed by atoms with van der Waals surface area (Å²) in [5, 5.41) is 3.50. The first-order chi connectivity index (χ1) is 6.19. The number of nitrogens with one attached hydrogen (secondary N) is 1. The Morgan fingerprint density at radius 2 is 2.31 bits per heavy atom.